The fraction of sp³-hybridized carbons (Fsp3) is 0.444. The molecular weight excluding hydrogens is 295 g/mol. The standard InChI is InChI=1S/C18H23FN2O2/c1-4-17(22)21-9-7-14(8-10-21)18(23)20-13(3)15-6-5-12(2)16(19)11-15/h4-6,11,13-14H,1,7-10H2,2-3H3,(H,20,23). The highest BCUT2D eigenvalue weighted by atomic mass is 19.1. The summed E-state index contributed by atoms with van der Waals surface area (Å²) < 4.78 is 13.6. The number of nitrogens with zero attached hydrogens (tertiary/aromatic N) is 1. The maximum Gasteiger partial charge on any atom is 0.245 e. The van der Waals surface area contributed by atoms with Crippen LogP contribution < -0.4 is 5.32 Å². The van der Waals surface area contributed by atoms with Gasteiger partial charge in [-0.05, 0) is 50.0 Å². The van der Waals surface area contributed by atoms with E-state index in [0.29, 0.717) is 31.5 Å². The van der Waals surface area contributed by atoms with Gasteiger partial charge >= 0.3 is 0 Å². The quantitative estimate of drug-likeness (QED) is 0.868. The molecule has 0 bridgehead atoms. The highest BCUT2D eigenvalue weighted by Crippen LogP contribution is 2.21. The second-order valence-corrected chi connectivity index (χ2v) is 6.04. The molecule has 23 heavy (non-hydrogen) atoms. The number of carbonyl (C=O) groups is 2. The summed E-state index contributed by atoms with van der Waals surface area (Å²) in [5.41, 5.74) is 1.34. The Labute approximate surface area is 136 Å². The Kier molecular flexibility index (Phi) is 5.53. The molecule has 5 heteroatoms. The molecule has 1 atom stereocenters. The van der Waals surface area contributed by atoms with E-state index < -0.39 is 0 Å². The second kappa shape index (κ2) is 7.40. The van der Waals surface area contributed by atoms with E-state index in [1.165, 1.54) is 12.1 Å². The first-order chi connectivity index (χ1) is 10.9. The van der Waals surface area contributed by atoms with Crippen LogP contribution in [0.5, 0.6) is 0 Å². The molecule has 124 valence electrons. The van der Waals surface area contributed by atoms with Crippen LogP contribution in [-0.2, 0) is 9.59 Å². The Bertz CT molecular complexity index is 607. The largest absolute Gasteiger partial charge is 0.349 e. The Hall–Kier alpha value is -2.17. The molecular formula is C18H23FN2O2. The number of amides is 2. The van der Waals surface area contributed by atoms with Crippen LogP contribution in [-0.4, -0.2) is 29.8 Å². The van der Waals surface area contributed by atoms with E-state index in [-0.39, 0.29) is 29.6 Å². The number of hydrogen-bond acceptors (Lipinski definition) is 2. The molecule has 0 aliphatic carbocycles. The number of benzene rings is 1. The second-order valence-electron chi connectivity index (χ2n) is 6.04. The van der Waals surface area contributed by atoms with Gasteiger partial charge in [0.1, 0.15) is 5.82 Å². The fourth-order valence-corrected chi connectivity index (χ4v) is 2.78. The van der Waals surface area contributed by atoms with Gasteiger partial charge in [-0.1, -0.05) is 18.7 Å². The van der Waals surface area contributed by atoms with E-state index in [1.54, 1.807) is 17.9 Å². The summed E-state index contributed by atoms with van der Waals surface area (Å²) >= 11 is 0. The summed E-state index contributed by atoms with van der Waals surface area (Å²) in [6.07, 6.45) is 2.58. The Balaban J connectivity index is 1.90. The first kappa shape index (κ1) is 17.2. The van der Waals surface area contributed by atoms with Crippen LogP contribution in [0.15, 0.2) is 30.9 Å². The smallest absolute Gasteiger partial charge is 0.245 e. The zero-order valence-electron chi connectivity index (χ0n) is 13.6. The van der Waals surface area contributed by atoms with Gasteiger partial charge in [-0.3, -0.25) is 9.59 Å². The van der Waals surface area contributed by atoms with E-state index in [1.807, 2.05) is 13.0 Å². The molecule has 0 spiro atoms. The van der Waals surface area contributed by atoms with Gasteiger partial charge in [-0.15, -0.1) is 0 Å². The minimum Gasteiger partial charge on any atom is -0.349 e. The van der Waals surface area contributed by atoms with Gasteiger partial charge in [-0.2, -0.15) is 0 Å². The monoisotopic (exact) mass is 318 g/mol. The molecule has 2 rings (SSSR count). The minimum absolute atomic E-state index is 0.0378. The first-order valence-electron chi connectivity index (χ1n) is 7.90. The van der Waals surface area contributed by atoms with Gasteiger partial charge in [0, 0.05) is 19.0 Å². The van der Waals surface area contributed by atoms with Crippen molar-refractivity contribution in [1.82, 2.24) is 10.2 Å². The van der Waals surface area contributed by atoms with E-state index in [4.69, 9.17) is 0 Å². The molecule has 1 heterocycles. The van der Waals surface area contributed by atoms with E-state index in [2.05, 4.69) is 11.9 Å². The highest BCUT2D eigenvalue weighted by molar-refractivity contribution is 5.87. The molecule has 1 N–H and O–H groups in total. The number of halogens is 1. The summed E-state index contributed by atoms with van der Waals surface area (Å²) in [5, 5.41) is 2.94. The van der Waals surface area contributed by atoms with Crippen molar-refractivity contribution < 1.29 is 14.0 Å². The molecule has 1 aliphatic rings. The predicted octanol–water partition coefficient (Wildman–Crippen LogP) is 2.74. The van der Waals surface area contributed by atoms with Crippen LogP contribution in [0, 0.1) is 18.7 Å². The number of piperidine rings is 1. The molecule has 1 aliphatic heterocycles. The molecule has 1 saturated heterocycles. The van der Waals surface area contributed by atoms with Crippen molar-refractivity contribution in [1.29, 1.82) is 0 Å². The van der Waals surface area contributed by atoms with Crippen LogP contribution in [0.4, 0.5) is 4.39 Å². The molecule has 0 radical (unpaired) electrons. The van der Waals surface area contributed by atoms with Crippen molar-refractivity contribution in [2.45, 2.75) is 32.7 Å². The molecule has 0 aromatic heterocycles. The van der Waals surface area contributed by atoms with Gasteiger partial charge in [0.15, 0.2) is 0 Å². The van der Waals surface area contributed by atoms with Crippen LogP contribution in [0.3, 0.4) is 0 Å². The summed E-state index contributed by atoms with van der Waals surface area (Å²) in [6.45, 7) is 8.16. The number of carbonyl (C=O) groups excluding carboxylic acids is 2. The fourth-order valence-electron chi connectivity index (χ4n) is 2.78. The summed E-state index contributed by atoms with van der Waals surface area (Å²) in [5.74, 6) is -0.502. The molecule has 2 amide bonds. The lowest BCUT2D eigenvalue weighted by Crippen LogP contribution is -2.42. The lowest BCUT2D eigenvalue weighted by molar-refractivity contribution is -0.132. The topological polar surface area (TPSA) is 49.4 Å². The zero-order valence-corrected chi connectivity index (χ0v) is 13.6. The van der Waals surface area contributed by atoms with Crippen molar-refractivity contribution in [3.63, 3.8) is 0 Å². The molecule has 1 aromatic rings. The van der Waals surface area contributed by atoms with Crippen molar-refractivity contribution in [3.8, 4) is 0 Å². The van der Waals surface area contributed by atoms with Crippen molar-refractivity contribution in [2.75, 3.05) is 13.1 Å². The number of rotatable bonds is 4. The molecule has 4 nitrogen and oxygen atoms in total. The summed E-state index contributed by atoms with van der Waals surface area (Å²) in [7, 11) is 0. The lowest BCUT2D eigenvalue weighted by atomic mass is 9.95. The molecule has 1 fully saturated rings. The molecule has 1 unspecified atom stereocenters. The average Bonchev–Trinajstić information content (AvgIpc) is 2.56. The third-order valence-corrected chi connectivity index (χ3v) is 4.41. The van der Waals surface area contributed by atoms with Crippen molar-refractivity contribution in [2.24, 2.45) is 5.92 Å². The van der Waals surface area contributed by atoms with Crippen LogP contribution in [0.1, 0.15) is 36.9 Å². The minimum atomic E-state index is -0.264. The molecule has 1 aromatic carbocycles. The van der Waals surface area contributed by atoms with Crippen LogP contribution in [0.25, 0.3) is 0 Å². The third kappa shape index (κ3) is 4.18. The van der Waals surface area contributed by atoms with Crippen molar-refractivity contribution in [3.05, 3.63) is 47.8 Å². The van der Waals surface area contributed by atoms with E-state index in [9.17, 15) is 14.0 Å². The van der Waals surface area contributed by atoms with Crippen LogP contribution in [0.2, 0.25) is 0 Å². The maximum absolute atomic E-state index is 13.6. The van der Waals surface area contributed by atoms with Gasteiger partial charge in [0.2, 0.25) is 11.8 Å². The lowest BCUT2D eigenvalue weighted by Gasteiger charge is -2.31. The van der Waals surface area contributed by atoms with Crippen LogP contribution >= 0.6 is 0 Å². The molecule has 0 saturated carbocycles. The first-order valence-corrected chi connectivity index (χ1v) is 7.90. The Morgan fingerprint density at radius 3 is 2.61 bits per heavy atom. The normalized spacial score (nSPS) is 16.7. The van der Waals surface area contributed by atoms with Gasteiger partial charge in [0.05, 0.1) is 6.04 Å². The zero-order chi connectivity index (χ0) is 17.0. The SMILES string of the molecule is C=CC(=O)N1CCC(C(=O)NC(C)c2ccc(C)c(F)c2)CC1. The van der Waals surface area contributed by atoms with Crippen molar-refractivity contribution >= 4 is 11.8 Å². The number of nitrogens with one attached hydrogen (secondary N) is 1. The van der Waals surface area contributed by atoms with Gasteiger partial charge < -0.3 is 10.2 Å². The average molecular weight is 318 g/mol. The van der Waals surface area contributed by atoms with E-state index >= 15 is 0 Å². The Morgan fingerprint density at radius 1 is 1.39 bits per heavy atom. The number of aryl methyl sites for hydroxylation is 1. The third-order valence-electron chi connectivity index (χ3n) is 4.41. The number of hydrogen-bond donors (Lipinski definition) is 1. The Morgan fingerprint density at radius 2 is 2.04 bits per heavy atom. The predicted molar refractivity (Wildman–Crippen MR) is 87.2 cm³/mol. The van der Waals surface area contributed by atoms with Gasteiger partial charge in [0.25, 0.3) is 0 Å². The van der Waals surface area contributed by atoms with Gasteiger partial charge in [-0.25, -0.2) is 4.39 Å². The maximum atomic E-state index is 13.6. The van der Waals surface area contributed by atoms with E-state index in [0.717, 1.165) is 5.56 Å². The summed E-state index contributed by atoms with van der Waals surface area (Å²) in [6, 6.07) is 4.76. The number of likely N-dealkylation sites (tertiary alicyclic amines) is 1. The highest BCUT2D eigenvalue weighted by Gasteiger charge is 2.27. The summed E-state index contributed by atoms with van der Waals surface area (Å²) in [4.78, 5) is 25.6.